The van der Waals surface area contributed by atoms with Gasteiger partial charge < -0.3 is 14.8 Å². The zero-order chi connectivity index (χ0) is 14.5. The molecular formula is C13H12ClN3O3. The van der Waals surface area contributed by atoms with Gasteiger partial charge in [0.1, 0.15) is 16.7 Å². The van der Waals surface area contributed by atoms with E-state index < -0.39 is 0 Å². The molecule has 6 nitrogen and oxygen atoms in total. The Bertz CT molecular complexity index is 634. The number of anilines is 1. The molecule has 0 radical (unpaired) electrons. The zero-order valence-corrected chi connectivity index (χ0v) is 11.6. The number of rotatable bonds is 4. The summed E-state index contributed by atoms with van der Waals surface area (Å²) in [5.41, 5.74) is 0.357. The maximum absolute atomic E-state index is 12.2. The first-order valence-electron chi connectivity index (χ1n) is 5.65. The molecule has 104 valence electrons. The third kappa shape index (κ3) is 3.16. The van der Waals surface area contributed by atoms with E-state index in [1.165, 1.54) is 26.6 Å². The molecule has 1 N–H and O–H groups in total. The second-order valence-electron chi connectivity index (χ2n) is 3.75. The summed E-state index contributed by atoms with van der Waals surface area (Å²) in [5.74, 6) is 0.888. The Morgan fingerprint density at radius 1 is 1.25 bits per heavy atom. The zero-order valence-electron chi connectivity index (χ0n) is 10.9. The van der Waals surface area contributed by atoms with Crippen molar-refractivity contribution in [1.29, 1.82) is 0 Å². The van der Waals surface area contributed by atoms with Crippen LogP contribution in [0.3, 0.4) is 0 Å². The number of methoxy groups -OCH3 is 2. The van der Waals surface area contributed by atoms with E-state index in [4.69, 9.17) is 21.1 Å². The van der Waals surface area contributed by atoms with Gasteiger partial charge in [0.05, 0.1) is 32.2 Å². The van der Waals surface area contributed by atoms with E-state index in [0.717, 1.165) is 0 Å². The van der Waals surface area contributed by atoms with Crippen LogP contribution in [0.4, 0.5) is 5.82 Å². The molecule has 7 heteroatoms. The summed E-state index contributed by atoms with van der Waals surface area (Å²) in [6.07, 6.45) is 2.78. The van der Waals surface area contributed by atoms with Gasteiger partial charge in [0.2, 0.25) is 0 Å². The standard InChI is InChI=1S/C13H12ClN3O3/c1-19-8-3-4-9(10(5-8)20-2)13(18)17-12-7-15-6-11(14)16-12/h3-7H,1-2H3,(H,16,17,18). The molecule has 0 atom stereocenters. The number of carbonyl (C=O) groups excluding carboxylic acids is 1. The normalized spacial score (nSPS) is 9.95. The molecule has 2 aromatic rings. The van der Waals surface area contributed by atoms with Crippen LogP contribution in [0.15, 0.2) is 30.6 Å². The number of nitrogens with zero attached hydrogens (tertiary/aromatic N) is 2. The monoisotopic (exact) mass is 293 g/mol. The number of amides is 1. The van der Waals surface area contributed by atoms with Gasteiger partial charge in [-0.25, -0.2) is 4.98 Å². The van der Waals surface area contributed by atoms with Gasteiger partial charge in [-0.3, -0.25) is 9.78 Å². The van der Waals surface area contributed by atoms with Gasteiger partial charge in [0, 0.05) is 6.07 Å². The highest BCUT2D eigenvalue weighted by molar-refractivity contribution is 6.29. The Hall–Kier alpha value is -2.34. The largest absolute Gasteiger partial charge is 0.497 e. The van der Waals surface area contributed by atoms with Crippen LogP contribution in [0.1, 0.15) is 10.4 Å². The van der Waals surface area contributed by atoms with Gasteiger partial charge in [-0.05, 0) is 12.1 Å². The number of halogens is 1. The predicted octanol–water partition coefficient (Wildman–Crippen LogP) is 2.40. The van der Waals surface area contributed by atoms with Crippen LogP contribution < -0.4 is 14.8 Å². The van der Waals surface area contributed by atoms with Crippen LogP contribution in [0.5, 0.6) is 11.5 Å². The Morgan fingerprint density at radius 2 is 2.05 bits per heavy atom. The smallest absolute Gasteiger partial charge is 0.260 e. The molecule has 1 aromatic carbocycles. The number of benzene rings is 1. The van der Waals surface area contributed by atoms with E-state index in [-0.39, 0.29) is 16.9 Å². The van der Waals surface area contributed by atoms with E-state index in [1.54, 1.807) is 18.2 Å². The maximum atomic E-state index is 12.2. The molecule has 20 heavy (non-hydrogen) atoms. The fourth-order valence-electron chi connectivity index (χ4n) is 1.57. The summed E-state index contributed by atoms with van der Waals surface area (Å²) in [5, 5.41) is 2.79. The van der Waals surface area contributed by atoms with E-state index in [1.807, 2.05) is 0 Å². The lowest BCUT2D eigenvalue weighted by molar-refractivity contribution is 0.102. The highest BCUT2D eigenvalue weighted by atomic mass is 35.5. The topological polar surface area (TPSA) is 73.3 Å². The predicted molar refractivity (Wildman–Crippen MR) is 74.5 cm³/mol. The number of hydrogen-bond donors (Lipinski definition) is 1. The van der Waals surface area contributed by atoms with Crippen LogP contribution in [0.2, 0.25) is 5.15 Å². The lowest BCUT2D eigenvalue weighted by atomic mass is 10.1. The first-order chi connectivity index (χ1) is 9.63. The van der Waals surface area contributed by atoms with Gasteiger partial charge in [-0.15, -0.1) is 0 Å². The molecule has 1 aromatic heterocycles. The quantitative estimate of drug-likeness (QED) is 0.937. The van der Waals surface area contributed by atoms with Gasteiger partial charge in [-0.1, -0.05) is 11.6 Å². The Kier molecular flexibility index (Phi) is 4.37. The molecule has 1 amide bonds. The summed E-state index contributed by atoms with van der Waals surface area (Å²) in [6.45, 7) is 0. The summed E-state index contributed by atoms with van der Waals surface area (Å²) in [7, 11) is 3.01. The molecule has 1 heterocycles. The number of ether oxygens (including phenoxy) is 2. The third-order valence-corrected chi connectivity index (χ3v) is 2.68. The molecule has 0 unspecified atom stereocenters. The van der Waals surface area contributed by atoms with Gasteiger partial charge in [-0.2, -0.15) is 0 Å². The Balaban J connectivity index is 2.25. The summed E-state index contributed by atoms with van der Waals surface area (Å²) in [6, 6.07) is 4.89. The van der Waals surface area contributed by atoms with E-state index in [9.17, 15) is 4.79 Å². The lowest BCUT2D eigenvalue weighted by Gasteiger charge is -2.10. The number of aromatic nitrogens is 2. The molecule has 0 saturated heterocycles. The average Bonchev–Trinajstić information content (AvgIpc) is 2.46. The molecule has 0 saturated carbocycles. The van der Waals surface area contributed by atoms with Crippen LogP contribution in [-0.4, -0.2) is 30.1 Å². The number of carbonyl (C=O) groups is 1. The maximum Gasteiger partial charge on any atom is 0.260 e. The second-order valence-corrected chi connectivity index (χ2v) is 4.13. The van der Waals surface area contributed by atoms with Crippen molar-refractivity contribution >= 4 is 23.3 Å². The van der Waals surface area contributed by atoms with Crippen LogP contribution >= 0.6 is 11.6 Å². The highest BCUT2D eigenvalue weighted by Crippen LogP contribution is 2.25. The van der Waals surface area contributed by atoms with Crippen molar-refractivity contribution in [3.8, 4) is 11.5 Å². The molecule has 0 spiro atoms. The Labute approximate surface area is 120 Å². The number of hydrogen-bond acceptors (Lipinski definition) is 5. The van der Waals surface area contributed by atoms with Crippen molar-refractivity contribution < 1.29 is 14.3 Å². The van der Waals surface area contributed by atoms with Crippen molar-refractivity contribution in [2.45, 2.75) is 0 Å². The van der Waals surface area contributed by atoms with Gasteiger partial charge in [0.15, 0.2) is 5.82 Å². The lowest BCUT2D eigenvalue weighted by Crippen LogP contribution is -2.14. The molecule has 0 aliphatic heterocycles. The first-order valence-corrected chi connectivity index (χ1v) is 6.02. The van der Waals surface area contributed by atoms with Crippen LogP contribution in [0.25, 0.3) is 0 Å². The highest BCUT2D eigenvalue weighted by Gasteiger charge is 2.14. The molecule has 0 fully saturated rings. The summed E-state index contributed by atoms with van der Waals surface area (Å²) < 4.78 is 10.2. The van der Waals surface area contributed by atoms with Crippen molar-refractivity contribution in [2.24, 2.45) is 0 Å². The average molecular weight is 294 g/mol. The van der Waals surface area contributed by atoms with Crippen molar-refractivity contribution in [1.82, 2.24) is 9.97 Å². The molecule has 0 aliphatic carbocycles. The van der Waals surface area contributed by atoms with Crippen molar-refractivity contribution in [3.05, 3.63) is 41.3 Å². The summed E-state index contributed by atoms with van der Waals surface area (Å²) >= 11 is 5.71. The van der Waals surface area contributed by atoms with E-state index in [0.29, 0.717) is 17.1 Å². The fraction of sp³-hybridized carbons (Fsp3) is 0.154. The Morgan fingerprint density at radius 3 is 2.70 bits per heavy atom. The van der Waals surface area contributed by atoms with Crippen molar-refractivity contribution in [2.75, 3.05) is 19.5 Å². The molecular weight excluding hydrogens is 282 g/mol. The molecule has 0 bridgehead atoms. The van der Waals surface area contributed by atoms with Gasteiger partial charge in [0.25, 0.3) is 5.91 Å². The third-order valence-electron chi connectivity index (χ3n) is 2.50. The number of nitrogens with one attached hydrogen (secondary N) is 1. The fourth-order valence-corrected chi connectivity index (χ4v) is 1.72. The summed E-state index contributed by atoms with van der Waals surface area (Å²) in [4.78, 5) is 19.9. The van der Waals surface area contributed by atoms with E-state index >= 15 is 0 Å². The first kappa shape index (κ1) is 14.1. The minimum absolute atomic E-state index is 0.199. The van der Waals surface area contributed by atoms with Crippen LogP contribution in [-0.2, 0) is 0 Å². The molecule has 0 aliphatic rings. The van der Waals surface area contributed by atoms with Gasteiger partial charge >= 0.3 is 0 Å². The second kappa shape index (κ2) is 6.21. The molecule has 2 rings (SSSR count). The SMILES string of the molecule is COc1ccc(C(=O)Nc2cncc(Cl)n2)c(OC)c1. The van der Waals surface area contributed by atoms with Crippen molar-refractivity contribution in [3.63, 3.8) is 0 Å². The minimum Gasteiger partial charge on any atom is -0.497 e. The minimum atomic E-state index is -0.374. The van der Waals surface area contributed by atoms with E-state index in [2.05, 4.69) is 15.3 Å². The van der Waals surface area contributed by atoms with Crippen LogP contribution in [0, 0.1) is 0 Å².